The summed E-state index contributed by atoms with van der Waals surface area (Å²) in [5.41, 5.74) is 2.23. The highest BCUT2D eigenvalue weighted by atomic mass is 32.1. The molecule has 104 valence electrons. The van der Waals surface area contributed by atoms with Gasteiger partial charge >= 0.3 is 0 Å². The predicted molar refractivity (Wildman–Crippen MR) is 75.4 cm³/mol. The third-order valence-corrected chi connectivity index (χ3v) is 3.71. The van der Waals surface area contributed by atoms with Crippen LogP contribution in [0.5, 0.6) is 0 Å². The van der Waals surface area contributed by atoms with E-state index in [1.807, 2.05) is 12.3 Å². The number of nitrogens with one attached hydrogen (secondary N) is 1. The maximum atomic E-state index is 5.31. The summed E-state index contributed by atoms with van der Waals surface area (Å²) in [7, 11) is 1.69. The zero-order valence-corrected chi connectivity index (χ0v) is 12.3. The van der Waals surface area contributed by atoms with Gasteiger partial charge in [0.1, 0.15) is 0 Å². The summed E-state index contributed by atoms with van der Waals surface area (Å²) < 4.78 is 10.5. The van der Waals surface area contributed by atoms with Crippen LogP contribution in [0.4, 0.5) is 0 Å². The summed E-state index contributed by atoms with van der Waals surface area (Å²) in [6.07, 6.45) is 0.678. The van der Waals surface area contributed by atoms with E-state index in [2.05, 4.69) is 27.8 Å². The van der Waals surface area contributed by atoms with Gasteiger partial charge in [-0.2, -0.15) is 16.3 Å². The Bertz CT molecular complexity index is 503. The molecule has 2 rings (SSSR count). The number of aryl methyl sites for hydroxylation is 1. The number of likely N-dealkylation sites (N-methyl/N-ethyl adjacent to an activating group) is 1. The molecule has 0 aliphatic heterocycles. The number of methoxy groups -OCH3 is 1. The van der Waals surface area contributed by atoms with Crippen molar-refractivity contribution in [3.63, 3.8) is 0 Å². The smallest absolute Gasteiger partial charge is 0.228 e. The highest BCUT2D eigenvalue weighted by Crippen LogP contribution is 2.24. The lowest BCUT2D eigenvalue weighted by molar-refractivity contribution is 0.162. The Hall–Kier alpha value is -1.24. The van der Waals surface area contributed by atoms with Crippen molar-refractivity contribution in [2.45, 2.75) is 26.3 Å². The summed E-state index contributed by atoms with van der Waals surface area (Å²) in [4.78, 5) is 4.45. The van der Waals surface area contributed by atoms with Crippen LogP contribution in [0, 0.1) is 6.92 Å². The molecule has 2 aromatic rings. The van der Waals surface area contributed by atoms with Crippen molar-refractivity contribution < 1.29 is 9.26 Å². The van der Waals surface area contributed by atoms with Crippen LogP contribution >= 0.6 is 11.3 Å². The van der Waals surface area contributed by atoms with Crippen molar-refractivity contribution in [3.8, 4) is 11.4 Å². The molecule has 1 atom stereocenters. The first-order chi connectivity index (χ1) is 9.24. The molecule has 0 aromatic carbocycles. The van der Waals surface area contributed by atoms with Gasteiger partial charge in [0.15, 0.2) is 0 Å². The van der Waals surface area contributed by atoms with Crippen LogP contribution in [0.2, 0.25) is 0 Å². The van der Waals surface area contributed by atoms with Crippen LogP contribution in [0.3, 0.4) is 0 Å². The van der Waals surface area contributed by atoms with Crippen molar-refractivity contribution in [1.29, 1.82) is 0 Å². The molecule has 0 bridgehead atoms. The fourth-order valence-corrected chi connectivity index (χ4v) is 2.75. The zero-order chi connectivity index (χ0) is 13.7. The van der Waals surface area contributed by atoms with Crippen molar-refractivity contribution in [2.75, 3.05) is 20.3 Å². The standard InChI is InChI=1S/C13H19N3O2S/c1-4-14-10(6-17-3)5-12-15-13(16-18-12)11-8-19-7-9(11)2/h7-8,10,14H,4-6H2,1-3H3. The molecule has 0 aliphatic rings. The summed E-state index contributed by atoms with van der Waals surface area (Å²) in [6.45, 7) is 5.63. The second-order valence-electron chi connectivity index (χ2n) is 4.39. The SMILES string of the molecule is CCNC(COC)Cc1nc(-c2cscc2C)no1. The number of nitrogens with zero attached hydrogens (tertiary/aromatic N) is 2. The minimum Gasteiger partial charge on any atom is -0.383 e. The van der Waals surface area contributed by atoms with E-state index in [1.165, 1.54) is 5.56 Å². The largest absolute Gasteiger partial charge is 0.383 e. The average Bonchev–Trinajstić information content (AvgIpc) is 2.98. The Labute approximate surface area is 117 Å². The monoisotopic (exact) mass is 281 g/mol. The Balaban J connectivity index is 2.06. The Kier molecular flexibility index (Phi) is 5.07. The fourth-order valence-electron chi connectivity index (χ4n) is 1.93. The van der Waals surface area contributed by atoms with E-state index in [0.29, 0.717) is 24.7 Å². The number of thiophene rings is 1. The van der Waals surface area contributed by atoms with Crippen molar-refractivity contribution in [1.82, 2.24) is 15.5 Å². The molecule has 0 fully saturated rings. The van der Waals surface area contributed by atoms with Crippen LogP contribution in [0.25, 0.3) is 11.4 Å². The van der Waals surface area contributed by atoms with Crippen LogP contribution in [-0.4, -0.2) is 36.4 Å². The summed E-state index contributed by atoms with van der Waals surface area (Å²) in [5.74, 6) is 1.31. The molecule has 0 spiro atoms. The summed E-state index contributed by atoms with van der Waals surface area (Å²) in [5, 5.41) is 11.5. The third-order valence-electron chi connectivity index (χ3n) is 2.85. The second-order valence-corrected chi connectivity index (χ2v) is 5.14. The first kappa shape index (κ1) is 14.2. The van der Waals surface area contributed by atoms with Gasteiger partial charge in [0.05, 0.1) is 6.61 Å². The average molecular weight is 281 g/mol. The number of rotatable bonds is 7. The van der Waals surface area contributed by atoms with Gasteiger partial charge in [-0.3, -0.25) is 0 Å². The second kappa shape index (κ2) is 6.79. The lowest BCUT2D eigenvalue weighted by atomic mass is 10.2. The van der Waals surface area contributed by atoms with Gasteiger partial charge in [-0.1, -0.05) is 12.1 Å². The number of hydrogen-bond acceptors (Lipinski definition) is 6. The van der Waals surface area contributed by atoms with E-state index in [0.717, 1.165) is 12.1 Å². The summed E-state index contributed by atoms with van der Waals surface area (Å²) in [6, 6.07) is 0.201. The molecular weight excluding hydrogens is 262 g/mol. The van der Waals surface area contributed by atoms with Crippen LogP contribution in [0.1, 0.15) is 18.4 Å². The van der Waals surface area contributed by atoms with Gasteiger partial charge in [-0.25, -0.2) is 0 Å². The minimum absolute atomic E-state index is 0.201. The van der Waals surface area contributed by atoms with Crippen LogP contribution in [-0.2, 0) is 11.2 Å². The van der Waals surface area contributed by atoms with Crippen molar-refractivity contribution in [2.24, 2.45) is 0 Å². The fraction of sp³-hybridized carbons (Fsp3) is 0.538. The molecule has 5 nitrogen and oxygen atoms in total. The van der Waals surface area contributed by atoms with Crippen LogP contribution in [0.15, 0.2) is 15.3 Å². The first-order valence-electron chi connectivity index (χ1n) is 6.32. The highest BCUT2D eigenvalue weighted by Gasteiger charge is 2.15. The number of ether oxygens (including phenoxy) is 1. The number of aromatic nitrogens is 2. The van der Waals surface area contributed by atoms with Crippen molar-refractivity contribution >= 4 is 11.3 Å². The van der Waals surface area contributed by atoms with Gasteiger partial charge in [0, 0.05) is 30.5 Å². The van der Waals surface area contributed by atoms with Gasteiger partial charge in [0.25, 0.3) is 0 Å². The van der Waals surface area contributed by atoms with E-state index >= 15 is 0 Å². The molecule has 19 heavy (non-hydrogen) atoms. The van der Waals surface area contributed by atoms with E-state index in [4.69, 9.17) is 9.26 Å². The molecule has 0 aliphatic carbocycles. The van der Waals surface area contributed by atoms with E-state index in [-0.39, 0.29) is 6.04 Å². The maximum Gasteiger partial charge on any atom is 0.228 e. The quantitative estimate of drug-likeness (QED) is 0.843. The Morgan fingerprint density at radius 2 is 2.32 bits per heavy atom. The van der Waals surface area contributed by atoms with Gasteiger partial charge in [0.2, 0.25) is 11.7 Å². The third kappa shape index (κ3) is 3.62. The lowest BCUT2D eigenvalue weighted by Gasteiger charge is -2.14. The van der Waals surface area contributed by atoms with Gasteiger partial charge < -0.3 is 14.6 Å². The van der Waals surface area contributed by atoms with Crippen molar-refractivity contribution in [3.05, 3.63) is 22.2 Å². The molecule has 0 amide bonds. The minimum atomic E-state index is 0.201. The van der Waals surface area contributed by atoms with E-state index < -0.39 is 0 Å². The molecule has 1 unspecified atom stereocenters. The molecule has 1 N–H and O–H groups in total. The normalized spacial score (nSPS) is 12.8. The number of hydrogen-bond donors (Lipinski definition) is 1. The molecule has 2 aromatic heterocycles. The maximum absolute atomic E-state index is 5.31. The highest BCUT2D eigenvalue weighted by molar-refractivity contribution is 7.08. The molecular formula is C13H19N3O2S. The molecule has 0 radical (unpaired) electrons. The molecule has 0 saturated carbocycles. The zero-order valence-electron chi connectivity index (χ0n) is 11.5. The van der Waals surface area contributed by atoms with E-state index in [9.17, 15) is 0 Å². The summed E-state index contributed by atoms with van der Waals surface area (Å²) >= 11 is 1.65. The van der Waals surface area contributed by atoms with Crippen LogP contribution < -0.4 is 5.32 Å². The first-order valence-corrected chi connectivity index (χ1v) is 7.27. The Morgan fingerprint density at radius 3 is 2.95 bits per heavy atom. The van der Waals surface area contributed by atoms with E-state index in [1.54, 1.807) is 18.4 Å². The predicted octanol–water partition coefficient (Wildman–Crippen LogP) is 2.27. The van der Waals surface area contributed by atoms with Gasteiger partial charge in [-0.05, 0) is 24.4 Å². The molecule has 6 heteroatoms. The molecule has 2 heterocycles. The lowest BCUT2D eigenvalue weighted by Crippen LogP contribution is -2.35. The topological polar surface area (TPSA) is 60.2 Å². The van der Waals surface area contributed by atoms with Gasteiger partial charge in [-0.15, -0.1) is 0 Å². The Morgan fingerprint density at radius 1 is 1.47 bits per heavy atom. The molecule has 0 saturated heterocycles.